The molecule has 2 saturated carbocycles. The number of hydrogen-bond acceptors (Lipinski definition) is 4. The van der Waals surface area contributed by atoms with Gasteiger partial charge in [-0.2, -0.15) is 0 Å². The van der Waals surface area contributed by atoms with E-state index in [1.807, 2.05) is 20.8 Å². The average molecular weight is 437 g/mol. The van der Waals surface area contributed by atoms with Crippen LogP contribution >= 0.6 is 0 Å². The maximum atomic E-state index is 13.1. The van der Waals surface area contributed by atoms with Gasteiger partial charge in [-0.15, -0.1) is 0 Å². The summed E-state index contributed by atoms with van der Waals surface area (Å²) in [5.41, 5.74) is -1.57. The number of hydrogen-bond donors (Lipinski definition) is 0. The maximum absolute atomic E-state index is 13.1. The van der Waals surface area contributed by atoms with Crippen LogP contribution in [0.25, 0.3) is 0 Å². The summed E-state index contributed by atoms with van der Waals surface area (Å²) in [6.45, 7) is 14.5. The van der Waals surface area contributed by atoms with E-state index in [2.05, 4.69) is 27.7 Å². The SMILES string of the molecule is CCC1(OC(=O)C(C)(CC)CCCC(C)(C)C(=O)OC2(C(C)C)CCCC2)CCCC1. The predicted octanol–water partition coefficient (Wildman–Crippen LogP) is 7.38. The molecule has 2 aliphatic rings. The van der Waals surface area contributed by atoms with Gasteiger partial charge in [0.1, 0.15) is 11.2 Å². The van der Waals surface area contributed by atoms with Crippen molar-refractivity contribution >= 4 is 11.9 Å². The molecule has 0 saturated heterocycles. The molecular formula is C27H48O4. The lowest BCUT2D eigenvalue weighted by molar-refractivity contribution is -0.175. The molecule has 0 N–H and O–H groups in total. The van der Waals surface area contributed by atoms with Crippen LogP contribution in [-0.2, 0) is 19.1 Å². The molecule has 2 rings (SSSR count). The van der Waals surface area contributed by atoms with E-state index < -0.39 is 10.8 Å². The Balaban J connectivity index is 1.93. The summed E-state index contributed by atoms with van der Waals surface area (Å²) in [6, 6.07) is 0. The minimum atomic E-state index is -0.543. The Morgan fingerprint density at radius 2 is 1.39 bits per heavy atom. The summed E-state index contributed by atoms with van der Waals surface area (Å²) >= 11 is 0. The van der Waals surface area contributed by atoms with E-state index >= 15 is 0 Å². The summed E-state index contributed by atoms with van der Waals surface area (Å²) in [7, 11) is 0. The van der Waals surface area contributed by atoms with Gasteiger partial charge in [0, 0.05) is 0 Å². The van der Waals surface area contributed by atoms with Crippen molar-refractivity contribution in [2.24, 2.45) is 16.7 Å². The average Bonchev–Trinajstić information content (AvgIpc) is 3.38. The Kier molecular flexibility index (Phi) is 8.66. The Labute approximate surface area is 191 Å². The lowest BCUT2D eigenvalue weighted by Crippen LogP contribution is -2.42. The van der Waals surface area contributed by atoms with E-state index in [0.717, 1.165) is 83.5 Å². The summed E-state index contributed by atoms with van der Waals surface area (Å²) in [4.78, 5) is 26.2. The second-order valence-electron chi connectivity index (χ2n) is 11.6. The van der Waals surface area contributed by atoms with Crippen molar-refractivity contribution < 1.29 is 19.1 Å². The highest BCUT2D eigenvalue weighted by molar-refractivity contribution is 5.77. The van der Waals surface area contributed by atoms with E-state index in [4.69, 9.17) is 9.47 Å². The van der Waals surface area contributed by atoms with E-state index in [1.54, 1.807) is 0 Å². The monoisotopic (exact) mass is 436 g/mol. The second-order valence-corrected chi connectivity index (χ2v) is 11.6. The maximum Gasteiger partial charge on any atom is 0.312 e. The lowest BCUT2D eigenvalue weighted by atomic mass is 9.78. The van der Waals surface area contributed by atoms with Gasteiger partial charge in [-0.3, -0.25) is 9.59 Å². The quantitative estimate of drug-likeness (QED) is 0.317. The number of carbonyl (C=O) groups excluding carboxylic acids is 2. The van der Waals surface area contributed by atoms with Gasteiger partial charge in [0.15, 0.2) is 0 Å². The topological polar surface area (TPSA) is 52.6 Å². The molecule has 0 amide bonds. The van der Waals surface area contributed by atoms with Gasteiger partial charge in [0.25, 0.3) is 0 Å². The Bertz CT molecular complexity index is 609. The molecule has 4 nitrogen and oxygen atoms in total. The third kappa shape index (κ3) is 6.05. The van der Waals surface area contributed by atoms with Crippen LogP contribution in [0.2, 0.25) is 0 Å². The fraction of sp³-hybridized carbons (Fsp3) is 0.926. The zero-order chi connectivity index (χ0) is 23.3. The highest BCUT2D eigenvalue weighted by Crippen LogP contribution is 2.43. The van der Waals surface area contributed by atoms with Crippen LogP contribution in [0.3, 0.4) is 0 Å². The van der Waals surface area contributed by atoms with E-state index in [1.165, 1.54) is 0 Å². The smallest absolute Gasteiger partial charge is 0.312 e. The first-order valence-electron chi connectivity index (χ1n) is 12.9. The predicted molar refractivity (Wildman–Crippen MR) is 126 cm³/mol. The molecule has 0 aromatic rings. The number of carbonyl (C=O) groups is 2. The second kappa shape index (κ2) is 10.3. The highest BCUT2D eigenvalue weighted by Gasteiger charge is 2.45. The molecule has 1 atom stereocenters. The Morgan fingerprint density at radius 3 is 1.87 bits per heavy atom. The largest absolute Gasteiger partial charge is 0.459 e. The van der Waals surface area contributed by atoms with Crippen LogP contribution in [0.4, 0.5) is 0 Å². The zero-order valence-corrected chi connectivity index (χ0v) is 21.4. The van der Waals surface area contributed by atoms with Crippen LogP contribution in [0, 0.1) is 16.7 Å². The molecule has 0 aromatic heterocycles. The molecule has 0 spiro atoms. The Morgan fingerprint density at radius 1 is 0.839 bits per heavy atom. The summed E-state index contributed by atoms with van der Waals surface area (Å²) in [5, 5.41) is 0. The van der Waals surface area contributed by atoms with Crippen molar-refractivity contribution in [2.45, 2.75) is 143 Å². The summed E-state index contributed by atoms with van der Waals surface area (Å²) in [5.74, 6) is 0.206. The van der Waals surface area contributed by atoms with Crippen molar-refractivity contribution in [2.75, 3.05) is 0 Å². The molecular weight excluding hydrogens is 388 g/mol. The summed E-state index contributed by atoms with van der Waals surface area (Å²) in [6.07, 6.45) is 12.5. The molecule has 0 bridgehead atoms. The van der Waals surface area contributed by atoms with Gasteiger partial charge in [0.2, 0.25) is 0 Å². The third-order valence-corrected chi connectivity index (χ3v) is 8.62. The lowest BCUT2D eigenvalue weighted by Gasteiger charge is -2.37. The first kappa shape index (κ1) is 26.2. The molecule has 0 aliphatic heterocycles. The molecule has 180 valence electrons. The fourth-order valence-electron chi connectivity index (χ4n) is 5.41. The minimum absolute atomic E-state index is 0.0520. The van der Waals surface area contributed by atoms with Crippen LogP contribution < -0.4 is 0 Å². The molecule has 1 unspecified atom stereocenters. The molecule has 2 fully saturated rings. The van der Waals surface area contributed by atoms with Crippen LogP contribution in [0.15, 0.2) is 0 Å². The van der Waals surface area contributed by atoms with Crippen LogP contribution in [0.5, 0.6) is 0 Å². The zero-order valence-electron chi connectivity index (χ0n) is 21.4. The van der Waals surface area contributed by atoms with Gasteiger partial charge < -0.3 is 9.47 Å². The molecule has 0 radical (unpaired) electrons. The third-order valence-electron chi connectivity index (χ3n) is 8.62. The van der Waals surface area contributed by atoms with Crippen molar-refractivity contribution in [3.05, 3.63) is 0 Å². The van der Waals surface area contributed by atoms with Crippen molar-refractivity contribution in [1.82, 2.24) is 0 Å². The molecule has 0 aromatic carbocycles. The van der Waals surface area contributed by atoms with E-state index in [-0.39, 0.29) is 23.1 Å². The van der Waals surface area contributed by atoms with Crippen LogP contribution in [0.1, 0.15) is 132 Å². The first-order valence-corrected chi connectivity index (χ1v) is 12.9. The Hall–Kier alpha value is -1.06. The minimum Gasteiger partial charge on any atom is -0.459 e. The van der Waals surface area contributed by atoms with Crippen molar-refractivity contribution in [3.8, 4) is 0 Å². The van der Waals surface area contributed by atoms with Gasteiger partial charge in [-0.25, -0.2) is 0 Å². The van der Waals surface area contributed by atoms with Gasteiger partial charge >= 0.3 is 11.9 Å². The van der Waals surface area contributed by atoms with Gasteiger partial charge in [-0.05, 0) is 104 Å². The first-order chi connectivity index (χ1) is 14.4. The van der Waals surface area contributed by atoms with Crippen molar-refractivity contribution in [3.63, 3.8) is 0 Å². The normalized spacial score (nSPS) is 22.3. The molecule has 31 heavy (non-hydrogen) atoms. The standard InChI is InChI=1S/C27H48O4/c1-8-25(7,23(29)30-26(9-2)17-10-11-18-26)16-14-15-24(5,6)22(28)31-27(21(3)4)19-12-13-20-27/h21H,8-20H2,1-7H3. The number of ether oxygens (including phenoxy) is 2. The number of rotatable bonds is 11. The van der Waals surface area contributed by atoms with Crippen molar-refractivity contribution in [1.29, 1.82) is 0 Å². The van der Waals surface area contributed by atoms with Gasteiger partial charge in [0.05, 0.1) is 10.8 Å². The summed E-state index contributed by atoms with van der Waals surface area (Å²) < 4.78 is 12.3. The molecule has 0 heterocycles. The van der Waals surface area contributed by atoms with Gasteiger partial charge in [-0.1, -0.05) is 34.1 Å². The number of esters is 2. The van der Waals surface area contributed by atoms with E-state index in [9.17, 15) is 9.59 Å². The van der Waals surface area contributed by atoms with Crippen LogP contribution in [-0.4, -0.2) is 23.1 Å². The van der Waals surface area contributed by atoms with E-state index in [0.29, 0.717) is 5.92 Å². The molecule has 2 aliphatic carbocycles. The highest BCUT2D eigenvalue weighted by atomic mass is 16.6. The molecule has 4 heteroatoms. The fourth-order valence-corrected chi connectivity index (χ4v) is 5.41.